The Balaban J connectivity index is 1.50. The van der Waals surface area contributed by atoms with E-state index in [0.717, 1.165) is 22.4 Å². The fourth-order valence-electron chi connectivity index (χ4n) is 2.63. The largest absolute Gasteiger partial charge is 0.348 e. The third-order valence-electron chi connectivity index (χ3n) is 4.08. The number of amides is 1. The van der Waals surface area contributed by atoms with Crippen molar-refractivity contribution in [1.82, 2.24) is 25.6 Å². The topological polar surface area (TPSA) is 109 Å². The molecule has 1 amide bonds. The molecule has 2 aromatic heterocycles. The number of benzene rings is 1. The SMILES string of the molecule is NC/C(=C/CNCc1nc2ccccc2[nH]1)CNC(=O)c1c(Cl)cncc1Cl. The van der Waals surface area contributed by atoms with E-state index in [1.54, 1.807) is 0 Å². The van der Waals surface area contributed by atoms with Crippen molar-refractivity contribution in [2.24, 2.45) is 5.73 Å². The van der Waals surface area contributed by atoms with Crippen LogP contribution in [0.25, 0.3) is 11.0 Å². The Morgan fingerprint density at radius 3 is 2.68 bits per heavy atom. The van der Waals surface area contributed by atoms with Gasteiger partial charge in [-0.15, -0.1) is 0 Å². The summed E-state index contributed by atoms with van der Waals surface area (Å²) in [4.78, 5) is 23.9. The second-order valence-electron chi connectivity index (χ2n) is 6.06. The molecule has 9 heteroatoms. The van der Waals surface area contributed by atoms with Gasteiger partial charge in [0.2, 0.25) is 0 Å². The number of hydrogen-bond acceptors (Lipinski definition) is 5. The van der Waals surface area contributed by atoms with Crippen molar-refractivity contribution in [1.29, 1.82) is 0 Å². The third kappa shape index (κ3) is 5.08. The number of nitrogens with one attached hydrogen (secondary N) is 3. The van der Waals surface area contributed by atoms with Gasteiger partial charge in [0.25, 0.3) is 5.91 Å². The molecule has 1 aromatic carbocycles. The predicted octanol–water partition coefficient (Wildman–Crippen LogP) is 2.67. The van der Waals surface area contributed by atoms with E-state index >= 15 is 0 Å². The first-order chi connectivity index (χ1) is 13.6. The number of aromatic amines is 1. The maximum absolute atomic E-state index is 12.3. The third-order valence-corrected chi connectivity index (χ3v) is 4.66. The van der Waals surface area contributed by atoms with E-state index < -0.39 is 0 Å². The van der Waals surface area contributed by atoms with Crippen molar-refractivity contribution in [3.63, 3.8) is 0 Å². The highest BCUT2D eigenvalue weighted by Crippen LogP contribution is 2.22. The predicted molar refractivity (Wildman–Crippen MR) is 112 cm³/mol. The van der Waals surface area contributed by atoms with Gasteiger partial charge in [-0.25, -0.2) is 4.98 Å². The molecule has 7 nitrogen and oxygen atoms in total. The lowest BCUT2D eigenvalue weighted by Crippen LogP contribution is -2.29. The van der Waals surface area contributed by atoms with Crippen molar-refractivity contribution in [2.75, 3.05) is 19.6 Å². The van der Waals surface area contributed by atoms with Crippen LogP contribution in [0.2, 0.25) is 10.0 Å². The van der Waals surface area contributed by atoms with Crippen molar-refractivity contribution in [3.05, 3.63) is 69.7 Å². The summed E-state index contributed by atoms with van der Waals surface area (Å²) >= 11 is 12.0. The maximum atomic E-state index is 12.3. The summed E-state index contributed by atoms with van der Waals surface area (Å²) in [6.07, 6.45) is 4.70. The number of carbonyl (C=O) groups is 1. The first-order valence-electron chi connectivity index (χ1n) is 8.68. The van der Waals surface area contributed by atoms with E-state index in [9.17, 15) is 4.79 Å². The van der Waals surface area contributed by atoms with Gasteiger partial charge in [0.1, 0.15) is 5.82 Å². The number of fused-ring (bicyclic) bond motifs is 1. The van der Waals surface area contributed by atoms with Gasteiger partial charge in [0.15, 0.2) is 0 Å². The molecule has 146 valence electrons. The quantitative estimate of drug-likeness (QED) is 0.332. The van der Waals surface area contributed by atoms with Crippen LogP contribution in [-0.2, 0) is 6.54 Å². The molecule has 0 atom stereocenters. The summed E-state index contributed by atoms with van der Waals surface area (Å²) in [5, 5.41) is 6.46. The Labute approximate surface area is 172 Å². The highest BCUT2D eigenvalue weighted by Gasteiger charge is 2.14. The van der Waals surface area contributed by atoms with Crippen molar-refractivity contribution in [3.8, 4) is 0 Å². The molecule has 0 aliphatic rings. The van der Waals surface area contributed by atoms with Gasteiger partial charge in [-0.1, -0.05) is 41.4 Å². The van der Waals surface area contributed by atoms with E-state index in [1.165, 1.54) is 12.4 Å². The second kappa shape index (κ2) is 9.66. The van der Waals surface area contributed by atoms with Crippen molar-refractivity contribution >= 4 is 40.1 Å². The molecule has 0 radical (unpaired) electrons. The normalized spacial score (nSPS) is 11.8. The first kappa shape index (κ1) is 20.3. The van der Waals surface area contributed by atoms with Crippen LogP contribution in [0.5, 0.6) is 0 Å². The van der Waals surface area contributed by atoms with Crippen LogP contribution in [-0.4, -0.2) is 40.5 Å². The Morgan fingerprint density at radius 1 is 1.21 bits per heavy atom. The molecule has 3 rings (SSSR count). The highest BCUT2D eigenvalue weighted by atomic mass is 35.5. The number of carbonyl (C=O) groups excluding carboxylic acids is 1. The molecule has 0 saturated carbocycles. The van der Waals surface area contributed by atoms with Gasteiger partial charge in [-0.3, -0.25) is 9.78 Å². The molecule has 0 bridgehead atoms. The fourth-order valence-corrected chi connectivity index (χ4v) is 3.17. The minimum Gasteiger partial charge on any atom is -0.348 e. The Kier molecular flexibility index (Phi) is 7.00. The minimum absolute atomic E-state index is 0.204. The molecule has 0 saturated heterocycles. The van der Waals surface area contributed by atoms with Gasteiger partial charge in [-0.05, 0) is 17.7 Å². The average molecular weight is 419 g/mol. The van der Waals surface area contributed by atoms with Gasteiger partial charge in [0, 0.05) is 32.0 Å². The monoisotopic (exact) mass is 418 g/mol. The molecular formula is C19H20Cl2N6O. The summed E-state index contributed by atoms with van der Waals surface area (Å²) in [5.41, 5.74) is 8.81. The van der Waals surface area contributed by atoms with E-state index in [2.05, 4.69) is 25.6 Å². The van der Waals surface area contributed by atoms with Crippen molar-refractivity contribution in [2.45, 2.75) is 6.54 Å². The van der Waals surface area contributed by atoms with Crippen LogP contribution in [0.1, 0.15) is 16.2 Å². The summed E-state index contributed by atoms with van der Waals surface area (Å²) in [6, 6.07) is 7.87. The number of hydrogen-bond donors (Lipinski definition) is 4. The Morgan fingerprint density at radius 2 is 1.96 bits per heavy atom. The van der Waals surface area contributed by atoms with E-state index in [4.69, 9.17) is 28.9 Å². The number of halogens is 2. The van der Waals surface area contributed by atoms with Crippen LogP contribution >= 0.6 is 23.2 Å². The molecule has 0 aliphatic carbocycles. The summed E-state index contributed by atoms with van der Waals surface area (Å²) < 4.78 is 0. The number of nitrogens with zero attached hydrogens (tertiary/aromatic N) is 2. The smallest absolute Gasteiger partial charge is 0.254 e. The summed E-state index contributed by atoms with van der Waals surface area (Å²) in [7, 11) is 0. The molecule has 5 N–H and O–H groups in total. The zero-order valence-corrected chi connectivity index (χ0v) is 16.5. The summed E-state index contributed by atoms with van der Waals surface area (Å²) in [6.45, 7) is 1.81. The zero-order valence-electron chi connectivity index (χ0n) is 15.0. The molecule has 0 spiro atoms. The molecular weight excluding hydrogens is 399 g/mol. The number of H-pyrrole nitrogens is 1. The Hall–Kier alpha value is -2.45. The lowest BCUT2D eigenvalue weighted by Gasteiger charge is -2.10. The number of imidazole rings is 1. The lowest BCUT2D eigenvalue weighted by atomic mass is 10.2. The molecule has 0 aliphatic heterocycles. The molecule has 0 fully saturated rings. The van der Waals surface area contributed by atoms with Gasteiger partial charge in [-0.2, -0.15) is 0 Å². The number of rotatable bonds is 8. The van der Waals surface area contributed by atoms with Crippen LogP contribution in [0.3, 0.4) is 0 Å². The standard InChI is InChI=1S/C19H20Cl2N6O/c20-13-9-24-10-14(21)18(13)19(28)25-8-12(7-22)5-6-23-11-17-26-15-3-1-2-4-16(15)27-17/h1-5,9-10,23H,6-8,11,22H2,(H,25,28)(H,26,27)/b12-5-. The number of aromatic nitrogens is 3. The van der Waals surface area contributed by atoms with Gasteiger partial charge in [0.05, 0.1) is 33.2 Å². The first-order valence-corrected chi connectivity index (χ1v) is 9.43. The second-order valence-corrected chi connectivity index (χ2v) is 6.87. The Bertz CT molecular complexity index is 948. The van der Waals surface area contributed by atoms with E-state index in [-0.39, 0.29) is 21.5 Å². The summed E-state index contributed by atoms with van der Waals surface area (Å²) in [5.74, 6) is 0.492. The van der Waals surface area contributed by atoms with Crippen LogP contribution in [0.4, 0.5) is 0 Å². The molecule has 2 heterocycles. The number of para-hydroxylation sites is 2. The molecule has 0 unspecified atom stereocenters. The minimum atomic E-state index is -0.369. The van der Waals surface area contributed by atoms with Gasteiger partial charge < -0.3 is 21.4 Å². The fraction of sp³-hybridized carbons (Fsp3) is 0.211. The number of pyridine rings is 1. The van der Waals surface area contributed by atoms with Crippen LogP contribution < -0.4 is 16.4 Å². The van der Waals surface area contributed by atoms with E-state index in [1.807, 2.05) is 30.3 Å². The zero-order chi connectivity index (χ0) is 19.9. The lowest BCUT2D eigenvalue weighted by molar-refractivity contribution is 0.0957. The van der Waals surface area contributed by atoms with Crippen LogP contribution in [0.15, 0.2) is 48.3 Å². The average Bonchev–Trinajstić information content (AvgIpc) is 3.10. The van der Waals surface area contributed by atoms with Gasteiger partial charge >= 0.3 is 0 Å². The number of nitrogens with two attached hydrogens (primary N) is 1. The molecule has 3 aromatic rings. The van der Waals surface area contributed by atoms with Crippen molar-refractivity contribution < 1.29 is 4.79 Å². The highest BCUT2D eigenvalue weighted by molar-refractivity contribution is 6.39. The van der Waals surface area contributed by atoms with E-state index in [0.29, 0.717) is 26.2 Å². The van der Waals surface area contributed by atoms with Crippen LogP contribution in [0, 0.1) is 0 Å². The molecule has 28 heavy (non-hydrogen) atoms. The maximum Gasteiger partial charge on any atom is 0.254 e.